The van der Waals surface area contributed by atoms with Crippen LogP contribution in [0.1, 0.15) is 5.56 Å². The Morgan fingerprint density at radius 1 is 0.536 bits per heavy atom. The first-order valence-electron chi connectivity index (χ1n) is 9.41. The summed E-state index contributed by atoms with van der Waals surface area (Å²) in [5.41, 5.74) is 1.08. The van der Waals surface area contributed by atoms with Gasteiger partial charge < -0.3 is 4.43 Å². The lowest BCUT2D eigenvalue weighted by Crippen LogP contribution is -2.71. The third-order valence-corrected chi connectivity index (χ3v) is 8.91. The molecule has 0 saturated carbocycles. The van der Waals surface area contributed by atoms with Gasteiger partial charge in [-0.1, -0.05) is 116 Å². The van der Waals surface area contributed by atoms with Crippen molar-refractivity contribution in [1.82, 2.24) is 0 Å². The predicted molar refractivity (Wildman–Crippen MR) is 121 cm³/mol. The molecule has 0 atom stereocenters. The summed E-state index contributed by atoms with van der Waals surface area (Å²) in [6.07, 6.45) is 1.85. The van der Waals surface area contributed by atoms with Crippen LogP contribution >= 0.6 is 0 Å². The number of benzene rings is 4. The zero-order valence-electron chi connectivity index (χ0n) is 15.7. The molecule has 0 spiro atoms. The van der Waals surface area contributed by atoms with Gasteiger partial charge in [-0.2, -0.15) is 0 Å². The van der Waals surface area contributed by atoms with Crippen LogP contribution in [0.2, 0.25) is 0 Å². The minimum atomic E-state index is -2.72. The number of hydrogen-bond donors (Lipinski definition) is 0. The fraction of sp³-hybridized carbons (Fsp3) is 0. The topological polar surface area (TPSA) is 9.23 Å². The van der Waals surface area contributed by atoms with Gasteiger partial charge in [0.25, 0.3) is 0 Å². The SMILES string of the molecule is C=Cc1ccc(O[Si](c2ccccc2)(c2ccccc2)c2ccccc2)cc1. The van der Waals surface area contributed by atoms with Gasteiger partial charge in [-0.25, -0.2) is 0 Å². The molecule has 0 heterocycles. The van der Waals surface area contributed by atoms with Crippen LogP contribution in [0.3, 0.4) is 0 Å². The van der Waals surface area contributed by atoms with E-state index >= 15 is 0 Å². The molecule has 1 nitrogen and oxygen atoms in total. The highest BCUT2D eigenvalue weighted by Gasteiger charge is 2.43. The Balaban J connectivity index is 1.96. The molecule has 0 saturated heterocycles. The van der Waals surface area contributed by atoms with Crippen molar-refractivity contribution in [2.24, 2.45) is 0 Å². The first-order chi connectivity index (χ1) is 13.8. The van der Waals surface area contributed by atoms with E-state index in [9.17, 15) is 0 Å². The fourth-order valence-electron chi connectivity index (χ4n) is 3.54. The lowest BCUT2D eigenvalue weighted by atomic mass is 10.2. The molecular formula is C26H22OSi. The Morgan fingerprint density at radius 2 is 0.929 bits per heavy atom. The highest BCUT2D eigenvalue weighted by atomic mass is 28.4. The van der Waals surface area contributed by atoms with Gasteiger partial charge in [0, 0.05) is 0 Å². The van der Waals surface area contributed by atoms with E-state index in [1.165, 1.54) is 15.6 Å². The molecule has 2 heteroatoms. The summed E-state index contributed by atoms with van der Waals surface area (Å²) in [5, 5.41) is 3.67. The molecular weight excluding hydrogens is 356 g/mol. The highest BCUT2D eigenvalue weighted by Crippen LogP contribution is 2.18. The van der Waals surface area contributed by atoms with Gasteiger partial charge in [0.05, 0.1) is 0 Å². The second kappa shape index (κ2) is 8.11. The van der Waals surface area contributed by atoms with Crippen molar-refractivity contribution in [3.05, 3.63) is 127 Å². The summed E-state index contributed by atoms with van der Waals surface area (Å²) < 4.78 is 6.96. The van der Waals surface area contributed by atoms with E-state index in [1.807, 2.05) is 30.3 Å². The van der Waals surface area contributed by atoms with Gasteiger partial charge in [0.1, 0.15) is 5.75 Å². The molecule has 0 unspecified atom stereocenters. The van der Waals surface area contributed by atoms with E-state index in [2.05, 4.69) is 97.6 Å². The first kappa shape index (κ1) is 18.0. The van der Waals surface area contributed by atoms with Crippen molar-refractivity contribution >= 4 is 30.0 Å². The van der Waals surface area contributed by atoms with Crippen LogP contribution in [0.5, 0.6) is 5.75 Å². The van der Waals surface area contributed by atoms with Crippen LogP contribution in [0.25, 0.3) is 6.08 Å². The Morgan fingerprint density at radius 3 is 1.29 bits per heavy atom. The second-order valence-corrected chi connectivity index (χ2v) is 9.95. The van der Waals surface area contributed by atoms with Gasteiger partial charge in [-0.05, 0) is 33.3 Å². The van der Waals surface area contributed by atoms with E-state index in [-0.39, 0.29) is 0 Å². The molecule has 0 aliphatic heterocycles. The van der Waals surface area contributed by atoms with Gasteiger partial charge >= 0.3 is 8.32 Å². The van der Waals surface area contributed by atoms with Crippen LogP contribution < -0.4 is 20.0 Å². The summed E-state index contributed by atoms with van der Waals surface area (Å²) >= 11 is 0. The maximum Gasteiger partial charge on any atom is 0.346 e. The summed E-state index contributed by atoms with van der Waals surface area (Å²) in [5.74, 6) is 0.869. The van der Waals surface area contributed by atoms with E-state index in [0.717, 1.165) is 11.3 Å². The Kier molecular flexibility index (Phi) is 5.22. The zero-order chi connectivity index (χ0) is 19.2. The van der Waals surface area contributed by atoms with Crippen LogP contribution in [-0.2, 0) is 0 Å². The average molecular weight is 379 g/mol. The summed E-state index contributed by atoms with van der Waals surface area (Å²) in [4.78, 5) is 0. The van der Waals surface area contributed by atoms with Crippen molar-refractivity contribution in [2.75, 3.05) is 0 Å². The molecule has 0 amide bonds. The lowest BCUT2D eigenvalue weighted by Gasteiger charge is -2.33. The van der Waals surface area contributed by atoms with Gasteiger partial charge in [0.15, 0.2) is 0 Å². The second-order valence-electron chi connectivity index (χ2n) is 6.65. The molecule has 0 N–H and O–H groups in total. The van der Waals surface area contributed by atoms with Crippen LogP contribution in [0.4, 0.5) is 0 Å². The largest absolute Gasteiger partial charge is 0.530 e. The quantitative estimate of drug-likeness (QED) is 0.357. The van der Waals surface area contributed by atoms with Gasteiger partial charge in [0.2, 0.25) is 0 Å². The molecule has 4 aromatic rings. The van der Waals surface area contributed by atoms with Crippen molar-refractivity contribution in [2.45, 2.75) is 0 Å². The van der Waals surface area contributed by atoms with Gasteiger partial charge in [-0.15, -0.1) is 0 Å². The minimum Gasteiger partial charge on any atom is -0.530 e. The molecule has 0 aliphatic rings. The molecule has 0 bridgehead atoms. The minimum absolute atomic E-state index is 0.869. The third-order valence-electron chi connectivity index (χ3n) is 4.93. The number of hydrogen-bond acceptors (Lipinski definition) is 1. The molecule has 4 rings (SSSR count). The molecule has 0 aliphatic carbocycles. The maximum absolute atomic E-state index is 6.96. The highest BCUT2D eigenvalue weighted by molar-refractivity contribution is 7.07. The molecule has 0 aromatic heterocycles. The van der Waals surface area contributed by atoms with Crippen molar-refractivity contribution in [3.63, 3.8) is 0 Å². The van der Waals surface area contributed by atoms with Crippen molar-refractivity contribution in [3.8, 4) is 5.75 Å². The molecule has 136 valence electrons. The lowest BCUT2D eigenvalue weighted by molar-refractivity contribution is 0.577. The normalized spacial score (nSPS) is 11.0. The summed E-state index contributed by atoms with van der Waals surface area (Å²) in [7, 11) is -2.72. The standard InChI is InChI=1S/C26H22OSi/c1-2-22-18-20-23(21-19-22)27-28(24-12-6-3-7-13-24,25-14-8-4-9-15-25)26-16-10-5-11-17-26/h2-21H,1H2. The van der Waals surface area contributed by atoms with Crippen LogP contribution in [-0.4, -0.2) is 8.32 Å². The van der Waals surface area contributed by atoms with Crippen LogP contribution in [0.15, 0.2) is 122 Å². The van der Waals surface area contributed by atoms with Crippen LogP contribution in [0, 0.1) is 0 Å². The smallest absolute Gasteiger partial charge is 0.346 e. The Hall–Kier alpha value is -3.36. The Labute approximate surface area is 167 Å². The van der Waals surface area contributed by atoms with Crippen molar-refractivity contribution < 1.29 is 4.43 Å². The third kappa shape index (κ3) is 3.42. The molecule has 0 radical (unpaired) electrons. The maximum atomic E-state index is 6.96. The number of rotatable bonds is 6. The average Bonchev–Trinajstić information content (AvgIpc) is 2.80. The molecule has 28 heavy (non-hydrogen) atoms. The van der Waals surface area contributed by atoms with Crippen molar-refractivity contribution in [1.29, 1.82) is 0 Å². The molecule has 0 fully saturated rings. The van der Waals surface area contributed by atoms with Gasteiger partial charge in [-0.3, -0.25) is 0 Å². The predicted octanol–water partition coefficient (Wildman–Crippen LogP) is 4.38. The Bertz CT molecular complexity index is 929. The zero-order valence-corrected chi connectivity index (χ0v) is 16.7. The van der Waals surface area contributed by atoms with E-state index in [1.54, 1.807) is 0 Å². The summed E-state index contributed by atoms with van der Waals surface area (Å²) in [6, 6.07) is 40.0. The van der Waals surface area contributed by atoms with E-state index < -0.39 is 8.32 Å². The fourth-order valence-corrected chi connectivity index (χ4v) is 7.37. The first-order valence-corrected chi connectivity index (χ1v) is 11.3. The monoisotopic (exact) mass is 378 g/mol. The summed E-state index contributed by atoms with van der Waals surface area (Å²) in [6.45, 7) is 3.85. The molecule has 4 aromatic carbocycles. The van der Waals surface area contributed by atoms with E-state index in [0.29, 0.717) is 0 Å². The van der Waals surface area contributed by atoms with E-state index in [4.69, 9.17) is 4.43 Å².